The molecule has 2 aromatic rings. The summed E-state index contributed by atoms with van der Waals surface area (Å²) in [5, 5.41) is 0.719. The van der Waals surface area contributed by atoms with Crippen LogP contribution >= 0.6 is 0 Å². The van der Waals surface area contributed by atoms with Gasteiger partial charge in [0.05, 0.1) is 18.6 Å². The molecule has 5 nitrogen and oxygen atoms in total. The number of hydrogen-bond donors (Lipinski definition) is 0. The molecule has 0 atom stereocenters. The standard InChI is InChI=1S/C33H54O5/c1-6-8-10-12-14-16-18-20-25-35-30-27-23-22-24-28(38-33(3,4)5)29(27)37-32(34)31(30)36-26-21-19-17-15-13-11-9-7-2/h22-24H,6-21,25-26H2,1-5H3. The van der Waals surface area contributed by atoms with Crippen LogP contribution in [0.25, 0.3) is 11.0 Å². The minimum Gasteiger partial charge on any atom is -0.489 e. The van der Waals surface area contributed by atoms with Crippen molar-refractivity contribution in [1.82, 2.24) is 0 Å². The summed E-state index contributed by atoms with van der Waals surface area (Å²) in [4.78, 5) is 13.1. The SMILES string of the molecule is CCCCCCCCCCOc1c(OCCCCCCCCCC)c2cccc(OC(C)(C)C)c2oc1=O. The van der Waals surface area contributed by atoms with E-state index in [2.05, 4.69) is 13.8 Å². The molecule has 1 aromatic carbocycles. The summed E-state index contributed by atoms with van der Waals surface area (Å²) in [5.74, 6) is 1.21. The molecular weight excluding hydrogens is 476 g/mol. The van der Waals surface area contributed by atoms with Gasteiger partial charge in [-0.25, -0.2) is 4.79 Å². The van der Waals surface area contributed by atoms with Crippen molar-refractivity contribution in [3.63, 3.8) is 0 Å². The minimum atomic E-state index is -0.507. The number of rotatable bonds is 21. The van der Waals surface area contributed by atoms with E-state index in [0.717, 1.165) is 31.1 Å². The molecule has 5 heteroatoms. The molecule has 216 valence electrons. The van der Waals surface area contributed by atoms with Crippen molar-refractivity contribution in [1.29, 1.82) is 0 Å². The first-order valence-corrected chi connectivity index (χ1v) is 15.4. The molecule has 0 fully saturated rings. The van der Waals surface area contributed by atoms with Gasteiger partial charge in [-0.05, 0) is 45.7 Å². The van der Waals surface area contributed by atoms with Gasteiger partial charge in [0.2, 0.25) is 5.75 Å². The van der Waals surface area contributed by atoms with E-state index in [-0.39, 0.29) is 5.75 Å². The maximum atomic E-state index is 13.1. The summed E-state index contributed by atoms with van der Waals surface area (Å²) < 4.78 is 24.1. The van der Waals surface area contributed by atoms with Gasteiger partial charge in [-0.1, -0.05) is 110 Å². The van der Waals surface area contributed by atoms with E-state index in [9.17, 15) is 4.79 Å². The highest BCUT2D eigenvalue weighted by molar-refractivity contribution is 5.89. The predicted octanol–water partition coefficient (Wildman–Crippen LogP) is 10.0. The van der Waals surface area contributed by atoms with E-state index in [1.807, 2.05) is 39.0 Å². The Morgan fingerprint density at radius 2 is 1.13 bits per heavy atom. The van der Waals surface area contributed by atoms with Crippen LogP contribution in [-0.2, 0) is 0 Å². The first-order chi connectivity index (χ1) is 18.4. The Labute approximate surface area is 231 Å². The predicted molar refractivity (Wildman–Crippen MR) is 159 cm³/mol. The van der Waals surface area contributed by atoms with E-state index in [4.69, 9.17) is 18.6 Å². The van der Waals surface area contributed by atoms with Gasteiger partial charge in [0.25, 0.3) is 0 Å². The summed E-state index contributed by atoms with van der Waals surface area (Å²) in [6.07, 6.45) is 19.5. The Balaban J connectivity index is 2.05. The zero-order valence-electron chi connectivity index (χ0n) is 25.0. The van der Waals surface area contributed by atoms with Gasteiger partial charge in [-0.3, -0.25) is 0 Å². The molecule has 0 spiro atoms. The van der Waals surface area contributed by atoms with Crippen LogP contribution in [0.5, 0.6) is 17.2 Å². The second kappa shape index (κ2) is 18.2. The van der Waals surface area contributed by atoms with Crippen molar-refractivity contribution < 1.29 is 18.6 Å². The van der Waals surface area contributed by atoms with Gasteiger partial charge >= 0.3 is 5.63 Å². The van der Waals surface area contributed by atoms with Gasteiger partial charge in [-0.2, -0.15) is 0 Å². The molecule has 38 heavy (non-hydrogen) atoms. The highest BCUT2D eigenvalue weighted by atomic mass is 16.5. The van der Waals surface area contributed by atoms with Crippen LogP contribution in [0, 0.1) is 0 Å². The fraction of sp³-hybridized carbons (Fsp3) is 0.727. The second-order valence-corrected chi connectivity index (χ2v) is 11.5. The molecule has 0 aliphatic rings. The minimum absolute atomic E-state index is 0.188. The Morgan fingerprint density at radius 3 is 1.63 bits per heavy atom. The van der Waals surface area contributed by atoms with Crippen molar-refractivity contribution in [3.05, 3.63) is 28.6 Å². The molecule has 0 N–H and O–H groups in total. The van der Waals surface area contributed by atoms with Crippen molar-refractivity contribution in [2.24, 2.45) is 0 Å². The number of fused-ring (bicyclic) bond motifs is 1. The molecule has 0 unspecified atom stereocenters. The Bertz CT molecular complexity index is 956. The molecular formula is C33H54O5. The molecule has 0 saturated carbocycles. The molecule has 0 radical (unpaired) electrons. The van der Waals surface area contributed by atoms with Crippen LogP contribution in [0.1, 0.15) is 137 Å². The average molecular weight is 531 g/mol. The van der Waals surface area contributed by atoms with Gasteiger partial charge in [0, 0.05) is 0 Å². The first kappa shape index (κ1) is 32.0. The summed E-state index contributed by atoms with van der Waals surface area (Å²) in [6, 6.07) is 5.66. The molecule has 2 rings (SSSR count). The van der Waals surface area contributed by atoms with Crippen LogP contribution in [0.3, 0.4) is 0 Å². The van der Waals surface area contributed by atoms with Crippen molar-refractivity contribution in [2.75, 3.05) is 13.2 Å². The lowest BCUT2D eigenvalue weighted by Gasteiger charge is -2.22. The highest BCUT2D eigenvalue weighted by Crippen LogP contribution is 2.38. The van der Waals surface area contributed by atoms with Crippen molar-refractivity contribution in [2.45, 2.75) is 143 Å². The van der Waals surface area contributed by atoms with Gasteiger partial charge in [0.1, 0.15) is 5.60 Å². The van der Waals surface area contributed by atoms with Crippen LogP contribution < -0.4 is 19.8 Å². The largest absolute Gasteiger partial charge is 0.489 e. The molecule has 0 aliphatic carbocycles. The van der Waals surface area contributed by atoms with Crippen LogP contribution in [0.2, 0.25) is 0 Å². The summed E-state index contributed by atoms with van der Waals surface area (Å²) >= 11 is 0. The Hall–Kier alpha value is -2.17. The van der Waals surface area contributed by atoms with E-state index >= 15 is 0 Å². The Morgan fingerprint density at radius 1 is 0.658 bits per heavy atom. The lowest BCUT2D eigenvalue weighted by Crippen LogP contribution is -2.23. The Kier molecular flexibility index (Phi) is 15.3. The lowest BCUT2D eigenvalue weighted by atomic mass is 10.1. The number of ether oxygens (including phenoxy) is 3. The smallest absolute Gasteiger partial charge is 0.383 e. The lowest BCUT2D eigenvalue weighted by molar-refractivity contribution is 0.131. The second-order valence-electron chi connectivity index (χ2n) is 11.5. The summed E-state index contributed by atoms with van der Waals surface area (Å²) in [7, 11) is 0. The number of para-hydroxylation sites is 1. The van der Waals surface area contributed by atoms with Crippen molar-refractivity contribution in [3.8, 4) is 17.2 Å². The van der Waals surface area contributed by atoms with Crippen LogP contribution in [0.15, 0.2) is 27.4 Å². The normalized spacial score (nSPS) is 11.7. The molecule has 0 saturated heterocycles. The van der Waals surface area contributed by atoms with E-state index < -0.39 is 11.2 Å². The third kappa shape index (κ3) is 12.1. The third-order valence-corrected chi connectivity index (χ3v) is 6.71. The number of benzene rings is 1. The monoisotopic (exact) mass is 530 g/mol. The molecule has 0 bridgehead atoms. The fourth-order valence-electron chi connectivity index (χ4n) is 4.65. The van der Waals surface area contributed by atoms with E-state index in [1.54, 1.807) is 0 Å². The molecule has 0 aliphatic heterocycles. The van der Waals surface area contributed by atoms with Crippen molar-refractivity contribution >= 4 is 11.0 Å². The third-order valence-electron chi connectivity index (χ3n) is 6.71. The van der Waals surface area contributed by atoms with E-state index in [1.165, 1.54) is 77.0 Å². The quantitative estimate of drug-likeness (QED) is 0.119. The number of unbranched alkanes of at least 4 members (excludes halogenated alkanes) is 14. The van der Waals surface area contributed by atoms with Crippen LogP contribution in [0.4, 0.5) is 0 Å². The highest BCUT2D eigenvalue weighted by Gasteiger charge is 2.22. The van der Waals surface area contributed by atoms with Gasteiger partial charge < -0.3 is 18.6 Å². The van der Waals surface area contributed by atoms with E-state index in [0.29, 0.717) is 30.3 Å². The average Bonchev–Trinajstić information content (AvgIpc) is 2.87. The molecule has 1 heterocycles. The summed E-state index contributed by atoms with van der Waals surface area (Å²) in [5.41, 5.74) is -0.512. The summed E-state index contributed by atoms with van der Waals surface area (Å²) in [6.45, 7) is 11.5. The molecule has 0 amide bonds. The maximum absolute atomic E-state index is 13.1. The van der Waals surface area contributed by atoms with Gasteiger partial charge in [0.15, 0.2) is 17.1 Å². The van der Waals surface area contributed by atoms with Gasteiger partial charge in [-0.15, -0.1) is 0 Å². The zero-order valence-corrected chi connectivity index (χ0v) is 25.0. The fourth-order valence-corrected chi connectivity index (χ4v) is 4.65. The zero-order chi connectivity index (χ0) is 27.6. The number of hydrogen-bond acceptors (Lipinski definition) is 5. The topological polar surface area (TPSA) is 57.9 Å². The first-order valence-electron chi connectivity index (χ1n) is 15.4. The van der Waals surface area contributed by atoms with Crippen LogP contribution in [-0.4, -0.2) is 18.8 Å². The molecule has 1 aromatic heterocycles. The maximum Gasteiger partial charge on any atom is 0.383 e.